The van der Waals surface area contributed by atoms with E-state index in [9.17, 15) is 9.59 Å². The number of carbonyl (C=O) groups excluding carboxylic acids is 2. The van der Waals surface area contributed by atoms with Gasteiger partial charge >= 0.3 is 0 Å². The van der Waals surface area contributed by atoms with Gasteiger partial charge in [-0.3, -0.25) is 14.5 Å². The van der Waals surface area contributed by atoms with Crippen LogP contribution < -0.4 is 5.32 Å². The lowest BCUT2D eigenvalue weighted by molar-refractivity contribution is -0.130. The molecule has 2 amide bonds. The zero-order chi connectivity index (χ0) is 20.8. The van der Waals surface area contributed by atoms with Crippen LogP contribution in [-0.4, -0.2) is 67.0 Å². The van der Waals surface area contributed by atoms with E-state index in [4.69, 9.17) is 16.3 Å². The molecule has 6 nitrogen and oxygen atoms in total. The molecule has 29 heavy (non-hydrogen) atoms. The van der Waals surface area contributed by atoms with E-state index in [-0.39, 0.29) is 29.8 Å². The average Bonchev–Trinajstić information content (AvgIpc) is 3.13. The van der Waals surface area contributed by atoms with Crippen LogP contribution in [0.1, 0.15) is 44.7 Å². The van der Waals surface area contributed by atoms with Crippen molar-refractivity contribution in [1.29, 1.82) is 0 Å². The number of hydrogen-bond donors (Lipinski definition) is 1. The maximum absolute atomic E-state index is 12.9. The van der Waals surface area contributed by atoms with Crippen LogP contribution in [0.25, 0.3) is 0 Å². The van der Waals surface area contributed by atoms with E-state index < -0.39 is 0 Å². The normalized spacial score (nSPS) is 21.6. The maximum atomic E-state index is 12.9. The fourth-order valence-electron chi connectivity index (χ4n) is 4.40. The highest BCUT2D eigenvalue weighted by molar-refractivity contribution is 6.31. The topological polar surface area (TPSA) is 61.9 Å². The first-order chi connectivity index (χ1) is 14.0. The summed E-state index contributed by atoms with van der Waals surface area (Å²) in [6.45, 7) is 8.12. The molecule has 2 fully saturated rings. The fourth-order valence-corrected chi connectivity index (χ4v) is 4.66. The summed E-state index contributed by atoms with van der Waals surface area (Å²) in [7, 11) is 0. The lowest BCUT2D eigenvalue weighted by atomic mass is 10.0. The van der Waals surface area contributed by atoms with Gasteiger partial charge in [0.2, 0.25) is 11.8 Å². The van der Waals surface area contributed by atoms with Crippen LogP contribution in [0.4, 0.5) is 0 Å². The summed E-state index contributed by atoms with van der Waals surface area (Å²) in [5, 5.41) is 3.81. The Kier molecular flexibility index (Phi) is 7.92. The van der Waals surface area contributed by atoms with Crippen LogP contribution >= 0.6 is 11.6 Å². The van der Waals surface area contributed by atoms with E-state index in [1.54, 1.807) is 0 Å². The lowest BCUT2D eigenvalue weighted by Gasteiger charge is -2.35. The van der Waals surface area contributed by atoms with E-state index in [0.29, 0.717) is 37.7 Å². The Morgan fingerprint density at radius 1 is 1.24 bits per heavy atom. The van der Waals surface area contributed by atoms with Gasteiger partial charge in [-0.25, -0.2) is 0 Å². The molecule has 0 aliphatic carbocycles. The van der Waals surface area contributed by atoms with Gasteiger partial charge in [0.05, 0.1) is 25.2 Å². The van der Waals surface area contributed by atoms with Crippen LogP contribution in [0.15, 0.2) is 24.3 Å². The maximum Gasteiger partial charge on any atom is 0.225 e. The van der Waals surface area contributed by atoms with Crippen molar-refractivity contribution in [2.24, 2.45) is 5.92 Å². The van der Waals surface area contributed by atoms with Gasteiger partial charge < -0.3 is 15.0 Å². The van der Waals surface area contributed by atoms with Crippen molar-refractivity contribution < 1.29 is 14.3 Å². The van der Waals surface area contributed by atoms with Gasteiger partial charge in [-0.05, 0) is 24.5 Å². The molecule has 2 unspecified atom stereocenters. The summed E-state index contributed by atoms with van der Waals surface area (Å²) >= 11 is 6.46. The van der Waals surface area contributed by atoms with Crippen molar-refractivity contribution in [2.75, 3.05) is 39.4 Å². The summed E-state index contributed by atoms with van der Waals surface area (Å²) < 4.78 is 5.49. The van der Waals surface area contributed by atoms with Crippen LogP contribution in [0.2, 0.25) is 5.02 Å². The highest BCUT2D eigenvalue weighted by Gasteiger charge is 2.37. The molecule has 1 aromatic rings. The van der Waals surface area contributed by atoms with Gasteiger partial charge in [0.15, 0.2) is 0 Å². The molecule has 160 valence electrons. The first-order valence-corrected chi connectivity index (χ1v) is 11.1. The monoisotopic (exact) mass is 421 g/mol. The Balaban J connectivity index is 1.65. The molecule has 3 rings (SSSR count). The lowest BCUT2D eigenvalue weighted by Crippen LogP contribution is -2.45. The van der Waals surface area contributed by atoms with Crippen molar-refractivity contribution >= 4 is 23.4 Å². The summed E-state index contributed by atoms with van der Waals surface area (Å²) in [4.78, 5) is 29.5. The van der Waals surface area contributed by atoms with Crippen molar-refractivity contribution in [3.05, 3.63) is 34.9 Å². The number of hydrogen-bond acceptors (Lipinski definition) is 4. The number of benzene rings is 1. The minimum Gasteiger partial charge on any atom is -0.379 e. The second kappa shape index (κ2) is 10.4. The SMILES string of the molecule is CCC(CC)N1CC(C(=O)NCC(c2ccccc2Cl)N2CCOCC2)CC1=O. The van der Waals surface area contributed by atoms with Crippen molar-refractivity contribution in [1.82, 2.24) is 15.1 Å². The minimum atomic E-state index is -0.278. The Bertz CT molecular complexity index is 704. The summed E-state index contributed by atoms with van der Waals surface area (Å²) in [5.74, 6) is -0.230. The largest absolute Gasteiger partial charge is 0.379 e. The average molecular weight is 422 g/mol. The summed E-state index contributed by atoms with van der Waals surface area (Å²) in [6.07, 6.45) is 2.14. The van der Waals surface area contributed by atoms with E-state index in [0.717, 1.165) is 31.5 Å². The molecule has 2 heterocycles. The van der Waals surface area contributed by atoms with Crippen LogP contribution in [-0.2, 0) is 14.3 Å². The molecule has 0 radical (unpaired) electrons. The Morgan fingerprint density at radius 3 is 2.59 bits per heavy atom. The van der Waals surface area contributed by atoms with Gasteiger partial charge in [-0.1, -0.05) is 43.6 Å². The second-order valence-corrected chi connectivity index (χ2v) is 8.26. The third-order valence-corrected chi connectivity index (χ3v) is 6.48. The number of carbonyl (C=O) groups is 2. The number of halogens is 1. The third kappa shape index (κ3) is 5.30. The number of rotatable bonds is 8. The van der Waals surface area contributed by atoms with Gasteiger partial charge in [0.25, 0.3) is 0 Å². The zero-order valence-corrected chi connectivity index (χ0v) is 18.2. The minimum absolute atomic E-state index is 0.0104. The molecule has 0 saturated carbocycles. The molecule has 1 N–H and O–H groups in total. The quantitative estimate of drug-likeness (QED) is 0.701. The first kappa shape index (κ1) is 22.1. The van der Waals surface area contributed by atoms with Crippen molar-refractivity contribution in [3.8, 4) is 0 Å². The standard InChI is InChI=1S/C22H32ClN3O3/c1-3-17(4-2)26-15-16(13-21(26)27)22(28)24-14-20(25-9-11-29-12-10-25)18-7-5-6-8-19(18)23/h5-8,16-17,20H,3-4,9-15H2,1-2H3,(H,24,28). The summed E-state index contributed by atoms with van der Waals surface area (Å²) in [6, 6.07) is 8.00. The van der Waals surface area contributed by atoms with Gasteiger partial charge in [-0.15, -0.1) is 0 Å². The highest BCUT2D eigenvalue weighted by atomic mass is 35.5. The smallest absolute Gasteiger partial charge is 0.225 e. The molecule has 0 spiro atoms. The summed E-state index contributed by atoms with van der Waals surface area (Å²) in [5.41, 5.74) is 1.01. The number of amides is 2. The number of nitrogens with zero attached hydrogens (tertiary/aromatic N) is 2. The van der Waals surface area contributed by atoms with Gasteiger partial charge in [0.1, 0.15) is 0 Å². The molecule has 1 aromatic carbocycles. The Labute approximate surface area is 178 Å². The third-order valence-electron chi connectivity index (χ3n) is 6.13. The number of morpholine rings is 1. The zero-order valence-electron chi connectivity index (χ0n) is 17.4. The number of likely N-dealkylation sites (tertiary alicyclic amines) is 1. The van der Waals surface area contributed by atoms with Crippen LogP contribution in [0.5, 0.6) is 0 Å². The molecular formula is C22H32ClN3O3. The predicted octanol–water partition coefficient (Wildman–Crippen LogP) is 2.87. The molecule has 2 aliphatic rings. The molecule has 2 aliphatic heterocycles. The molecule has 2 saturated heterocycles. The predicted molar refractivity (Wildman–Crippen MR) is 114 cm³/mol. The molecule has 7 heteroatoms. The second-order valence-electron chi connectivity index (χ2n) is 7.85. The highest BCUT2D eigenvalue weighted by Crippen LogP contribution is 2.28. The number of ether oxygens (including phenoxy) is 1. The van der Waals surface area contributed by atoms with Crippen LogP contribution in [0.3, 0.4) is 0 Å². The van der Waals surface area contributed by atoms with E-state index in [1.165, 1.54) is 0 Å². The Hall–Kier alpha value is -1.63. The molecule has 0 aromatic heterocycles. The number of nitrogens with one attached hydrogen (secondary N) is 1. The Morgan fingerprint density at radius 2 is 1.93 bits per heavy atom. The van der Waals surface area contributed by atoms with Gasteiger partial charge in [-0.2, -0.15) is 0 Å². The van der Waals surface area contributed by atoms with Crippen molar-refractivity contribution in [2.45, 2.75) is 45.2 Å². The first-order valence-electron chi connectivity index (χ1n) is 10.7. The molecule has 0 bridgehead atoms. The fraction of sp³-hybridized carbons (Fsp3) is 0.636. The van der Waals surface area contributed by atoms with Crippen molar-refractivity contribution in [3.63, 3.8) is 0 Å². The molecule has 2 atom stereocenters. The van der Waals surface area contributed by atoms with E-state index in [2.05, 4.69) is 24.1 Å². The van der Waals surface area contributed by atoms with Gasteiger partial charge in [0, 0.05) is 43.7 Å². The van der Waals surface area contributed by atoms with E-state index >= 15 is 0 Å². The molecular weight excluding hydrogens is 390 g/mol. The van der Waals surface area contributed by atoms with Crippen LogP contribution in [0, 0.1) is 5.92 Å². The van der Waals surface area contributed by atoms with E-state index in [1.807, 2.05) is 29.2 Å².